The monoisotopic (exact) mass is 632 g/mol. The van der Waals surface area contributed by atoms with Gasteiger partial charge in [-0.05, 0) is 69.3 Å². The lowest BCUT2D eigenvalue weighted by Gasteiger charge is -2.21. The van der Waals surface area contributed by atoms with Crippen LogP contribution >= 0.6 is 0 Å². The topological polar surface area (TPSA) is 64.7 Å². The lowest BCUT2D eigenvalue weighted by Crippen LogP contribution is -2.15. The molecule has 234 valence electrons. The number of pyridine rings is 1. The summed E-state index contributed by atoms with van der Waals surface area (Å²) < 4.78 is 6.77. The van der Waals surface area contributed by atoms with Crippen LogP contribution in [-0.2, 0) is 10.8 Å². The Morgan fingerprint density at radius 1 is 0.510 bits per heavy atom. The first-order valence-electron chi connectivity index (χ1n) is 16.8. The van der Waals surface area contributed by atoms with Crippen molar-refractivity contribution in [3.05, 3.63) is 144 Å². The Morgan fingerprint density at radius 3 is 1.96 bits per heavy atom. The molecule has 0 radical (unpaired) electrons. The van der Waals surface area contributed by atoms with Crippen LogP contribution in [0.15, 0.2) is 126 Å². The van der Waals surface area contributed by atoms with Gasteiger partial charge in [-0.2, -0.15) is 0 Å². The van der Waals surface area contributed by atoms with Crippen LogP contribution in [0.5, 0.6) is 0 Å². The first-order valence-corrected chi connectivity index (χ1v) is 16.8. The Labute approximate surface area is 284 Å². The van der Waals surface area contributed by atoms with E-state index in [1.165, 1.54) is 44.5 Å². The van der Waals surface area contributed by atoms with E-state index in [2.05, 4.69) is 118 Å². The van der Waals surface area contributed by atoms with Crippen LogP contribution in [0.25, 0.3) is 78.5 Å². The fraction of sp³-hybridized carbons (Fsp3) is 0.136. The summed E-state index contributed by atoms with van der Waals surface area (Å²) in [6.07, 6.45) is 1.78. The molecule has 0 unspecified atom stereocenters. The molecule has 5 aromatic carbocycles. The van der Waals surface area contributed by atoms with E-state index in [1.807, 2.05) is 30.3 Å². The van der Waals surface area contributed by atoms with E-state index in [0.717, 1.165) is 33.1 Å². The molecule has 3 heterocycles. The molecule has 5 heteroatoms. The van der Waals surface area contributed by atoms with Crippen LogP contribution < -0.4 is 0 Å². The number of hydrogen-bond acceptors (Lipinski definition) is 5. The standard InChI is InChI=1S/C44H32N4O/c1-43(2)32-15-7-5-12-26(32)28-20-19-25(24-34(28)43)40-46-41(48-42(47-40)35-17-9-10-23-45-35)31-14-11-18-36-37(31)30-22-21-29-27-13-6-8-16-33(27)44(3,4)38(29)39(30)49-36/h5-24H,1-4H3. The first-order chi connectivity index (χ1) is 23.8. The molecule has 0 saturated carbocycles. The maximum absolute atomic E-state index is 6.77. The Bertz CT molecular complexity index is 2670. The molecule has 0 saturated heterocycles. The molecular formula is C44H32N4O. The molecule has 2 aliphatic carbocycles. The van der Waals surface area contributed by atoms with Crippen molar-refractivity contribution in [1.29, 1.82) is 0 Å². The molecule has 49 heavy (non-hydrogen) atoms. The third-order valence-corrected chi connectivity index (χ3v) is 10.8. The zero-order valence-corrected chi connectivity index (χ0v) is 27.7. The highest BCUT2D eigenvalue weighted by atomic mass is 16.3. The van der Waals surface area contributed by atoms with Gasteiger partial charge in [0.05, 0.1) is 0 Å². The SMILES string of the molecule is CC1(C)c2ccccc2-c2ccc(-c3nc(-c4ccccn4)nc(-c4cccc5oc6c7c(ccc6c45)-c4ccccc4C7(C)C)n3)cc21. The number of hydrogen-bond donors (Lipinski definition) is 0. The first kappa shape index (κ1) is 28.1. The van der Waals surface area contributed by atoms with Gasteiger partial charge in [0.2, 0.25) is 0 Å². The average molecular weight is 633 g/mol. The van der Waals surface area contributed by atoms with Crippen molar-refractivity contribution in [3.8, 4) is 56.5 Å². The number of rotatable bonds is 3. The molecule has 3 aromatic heterocycles. The second-order valence-corrected chi connectivity index (χ2v) is 14.3. The number of benzene rings is 5. The van der Waals surface area contributed by atoms with Gasteiger partial charge < -0.3 is 4.42 Å². The zero-order chi connectivity index (χ0) is 33.1. The van der Waals surface area contributed by atoms with Gasteiger partial charge in [0.25, 0.3) is 0 Å². The minimum absolute atomic E-state index is 0.142. The van der Waals surface area contributed by atoms with Crippen LogP contribution in [0, 0.1) is 0 Å². The van der Waals surface area contributed by atoms with E-state index >= 15 is 0 Å². The normalized spacial score (nSPS) is 14.9. The summed E-state index contributed by atoms with van der Waals surface area (Å²) in [6.45, 7) is 9.17. The van der Waals surface area contributed by atoms with Gasteiger partial charge >= 0.3 is 0 Å². The molecule has 0 aliphatic heterocycles. The quantitative estimate of drug-likeness (QED) is 0.194. The van der Waals surface area contributed by atoms with Crippen LogP contribution in [-0.4, -0.2) is 19.9 Å². The Kier molecular flexibility index (Phi) is 5.62. The van der Waals surface area contributed by atoms with Crippen molar-refractivity contribution in [1.82, 2.24) is 19.9 Å². The van der Waals surface area contributed by atoms with Crippen molar-refractivity contribution in [2.75, 3.05) is 0 Å². The number of fused-ring (bicyclic) bond motifs is 10. The molecule has 0 amide bonds. The maximum Gasteiger partial charge on any atom is 0.182 e. The largest absolute Gasteiger partial charge is 0.456 e. The fourth-order valence-corrected chi connectivity index (χ4v) is 8.40. The molecule has 10 rings (SSSR count). The predicted octanol–water partition coefficient (Wildman–Crippen LogP) is 10.8. The molecule has 8 aromatic rings. The van der Waals surface area contributed by atoms with Crippen molar-refractivity contribution in [3.63, 3.8) is 0 Å². The molecule has 2 aliphatic rings. The number of nitrogens with zero attached hydrogens (tertiary/aromatic N) is 4. The summed E-state index contributed by atoms with van der Waals surface area (Å²) in [5.41, 5.74) is 14.1. The van der Waals surface area contributed by atoms with Crippen molar-refractivity contribution in [2.24, 2.45) is 0 Å². The highest BCUT2D eigenvalue weighted by Crippen LogP contribution is 2.53. The van der Waals surface area contributed by atoms with Gasteiger partial charge in [0.1, 0.15) is 16.9 Å². The molecule has 0 spiro atoms. The van der Waals surface area contributed by atoms with Crippen molar-refractivity contribution >= 4 is 21.9 Å². The van der Waals surface area contributed by atoms with Crippen LogP contribution in [0.4, 0.5) is 0 Å². The third kappa shape index (κ3) is 3.87. The van der Waals surface area contributed by atoms with E-state index in [9.17, 15) is 0 Å². The zero-order valence-electron chi connectivity index (χ0n) is 27.7. The summed E-state index contributed by atoms with van der Waals surface area (Å²) in [5.74, 6) is 1.73. The predicted molar refractivity (Wildman–Crippen MR) is 196 cm³/mol. The van der Waals surface area contributed by atoms with Crippen LogP contribution in [0.3, 0.4) is 0 Å². The highest BCUT2D eigenvalue weighted by Gasteiger charge is 2.39. The molecule has 0 fully saturated rings. The number of aromatic nitrogens is 4. The molecular weight excluding hydrogens is 601 g/mol. The van der Waals surface area contributed by atoms with Crippen molar-refractivity contribution < 1.29 is 4.42 Å². The van der Waals surface area contributed by atoms with Gasteiger partial charge in [-0.25, -0.2) is 15.0 Å². The molecule has 0 atom stereocenters. The second-order valence-electron chi connectivity index (χ2n) is 14.3. The van der Waals surface area contributed by atoms with E-state index < -0.39 is 0 Å². The lowest BCUT2D eigenvalue weighted by atomic mass is 9.81. The summed E-state index contributed by atoms with van der Waals surface area (Å²) in [6, 6.07) is 40.4. The lowest BCUT2D eigenvalue weighted by molar-refractivity contribution is 0.620. The minimum atomic E-state index is -0.201. The summed E-state index contributed by atoms with van der Waals surface area (Å²) in [7, 11) is 0. The van der Waals surface area contributed by atoms with Gasteiger partial charge in [-0.1, -0.05) is 113 Å². The van der Waals surface area contributed by atoms with E-state index in [0.29, 0.717) is 23.2 Å². The Morgan fingerprint density at radius 2 is 1.16 bits per heavy atom. The van der Waals surface area contributed by atoms with Gasteiger partial charge in [-0.15, -0.1) is 0 Å². The van der Waals surface area contributed by atoms with E-state index in [1.54, 1.807) is 6.20 Å². The highest BCUT2D eigenvalue weighted by molar-refractivity contribution is 6.14. The minimum Gasteiger partial charge on any atom is -0.456 e. The Hall–Kier alpha value is -5.94. The summed E-state index contributed by atoms with van der Waals surface area (Å²) in [4.78, 5) is 19.9. The van der Waals surface area contributed by atoms with Crippen LogP contribution in [0.1, 0.15) is 49.9 Å². The van der Waals surface area contributed by atoms with E-state index in [4.69, 9.17) is 19.4 Å². The maximum atomic E-state index is 6.77. The third-order valence-electron chi connectivity index (χ3n) is 10.8. The van der Waals surface area contributed by atoms with Gasteiger partial charge in [0, 0.05) is 44.5 Å². The molecule has 5 nitrogen and oxygen atoms in total. The van der Waals surface area contributed by atoms with Gasteiger partial charge in [0.15, 0.2) is 17.5 Å². The van der Waals surface area contributed by atoms with E-state index in [-0.39, 0.29) is 10.8 Å². The number of furan rings is 1. The van der Waals surface area contributed by atoms with Gasteiger partial charge in [-0.3, -0.25) is 4.98 Å². The summed E-state index contributed by atoms with van der Waals surface area (Å²) in [5, 5.41) is 2.06. The average Bonchev–Trinajstić information content (AvgIpc) is 3.71. The molecule has 0 bridgehead atoms. The van der Waals surface area contributed by atoms with Crippen LogP contribution in [0.2, 0.25) is 0 Å². The van der Waals surface area contributed by atoms with Crippen molar-refractivity contribution in [2.45, 2.75) is 38.5 Å². The fourth-order valence-electron chi connectivity index (χ4n) is 8.40. The second kappa shape index (κ2) is 9.80. The molecule has 0 N–H and O–H groups in total. The summed E-state index contributed by atoms with van der Waals surface area (Å²) >= 11 is 0. The smallest absolute Gasteiger partial charge is 0.182 e. The Balaban J connectivity index is 1.20.